The van der Waals surface area contributed by atoms with Gasteiger partial charge in [0.1, 0.15) is 10.5 Å². The Morgan fingerprint density at radius 1 is 1.24 bits per heavy atom. The lowest BCUT2D eigenvalue weighted by atomic mass is 10.5. The molecule has 2 aromatic rings. The molecule has 0 amide bonds. The van der Waals surface area contributed by atoms with E-state index in [-0.39, 0.29) is 0 Å². The lowest BCUT2D eigenvalue weighted by molar-refractivity contribution is 0.324. The van der Waals surface area contributed by atoms with Gasteiger partial charge in [-0.15, -0.1) is 11.8 Å². The maximum Gasteiger partial charge on any atom is 0.225 e. The van der Waals surface area contributed by atoms with Gasteiger partial charge in [-0.1, -0.05) is 20.8 Å². The minimum Gasteiger partial charge on any atom is -0.354 e. The molecule has 7 heteroatoms. The minimum atomic E-state index is 0.668. The number of H-pyrrole nitrogens is 1. The number of aromatic nitrogens is 4. The van der Waals surface area contributed by atoms with Crippen molar-refractivity contribution < 1.29 is 0 Å². The standard InChI is InChI=1S/C14H24N6S/c1-4-7-15-14-18-12-11(16-10-17-12)13(19-14)21-9-8-20(5-2)6-3/h10H,4-9H2,1-3H3,(H2,15,16,17,18,19). The van der Waals surface area contributed by atoms with Crippen LogP contribution >= 0.6 is 11.8 Å². The zero-order valence-electron chi connectivity index (χ0n) is 13.0. The van der Waals surface area contributed by atoms with Crippen LogP contribution in [0.1, 0.15) is 27.2 Å². The van der Waals surface area contributed by atoms with Crippen LogP contribution in [0.25, 0.3) is 11.2 Å². The van der Waals surface area contributed by atoms with E-state index in [2.05, 4.69) is 50.9 Å². The Kier molecular flexibility index (Phi) is 6.25. The first-order valence-electron chi connectivity index (χ1n) is 7.58. The van der Waals surface area contributed by atoms with E-state index in [9.17, 15) is 0 Å². The quantitative estimate of drug-likeness (QED) is 0.548. The van der Waals surface area contributed by atoms with Crippen molar-refractivity contribution in [2.75, 3.05) is 37.2 Å². The third-order valence-electron chi connectivity index (χ3n) is 3.33. The molecule has 0 saturated carbocycles. The molecule has 0 radical (unpaired) electrons. The highest BCUT2D eigenvalue weighted by molar-refractivity contribution is 7.99. The van der Waals surface area contributed by atoms with Gasteiger partial charge in [-0.3, -0.25) is 0 Å². The van der Waals surface area contributed by atoms with E-state index in [1.165, 1.54) is 0 Å². The molecule has 0 aliphatic heterocycles. The Balaban J connectivity index is 2.07. The fourth-order valence-corrected chi connectivity index (χ4v) is 3.03. The van der Waals surface area contributed by atoms with E-state index in [0.717, 1.165) is 54.5 Å². The van der Waals surface area contributed by atoms with E-state index in [4.69, 9.17) is 0 Å². The van der Waals surface area contributed by atoms with Crippen LogP contribution in [0.2, 0.25) is 0 Å². The van der Waals surface area contributed by atoms with Crippen LogP contribution < -0.4 is 5.32 Å². The number of nitrogens with zero attached hydrogens (tertiary/aromatic N) is 4. The maximum absolute atomic E-state index is 4.61. The summed E-state index contributed by atoms with van der Waals surface area (Å²) in [5.41, 5.74) is 1.66. The molecule has 0 aromatic carbocycles. The van der Waals surface area contributed by atoms with Crippen LogP contribution in [-0.4, -0.2) is 56.8 Å². The predicted molar refractivity (Wildman–Crippen MR) is 89.0 cm³/mol. The Morgan fingerprint density at radius 2 is 2.05 bits per heavy atom. The Hall–Kier alpha value is -1.34. The van der Waals surface area contributed by atoms with Gasteiger partial charge in [0.2, 0.25) is 5.95 Å². The number of aromatic amines is 1. The van der Waals surface area contributed by atoms with Crippen molar-refractivity contribution in [1.82, 2.24) is 24.8 Å². The van der Waals surface area contributed by atoms with Crippen molar-refractivity contribution in [3.63, 3.8) is 0 Å². The maximum atomic E-state index is 4.61. The summed E-state index contributed by atoms with van der Waals surface area (Å²) < 4.78 is 0. The van der Waals surface area contributed by atoms with Gasteiger partial charge in [-0.25, -0.2) is 9.97 Å². The van der Waals surface area contributed by atoms with Crippen LogP contribution in [0.5, 0.6) is 0 Å². The highest BCUT2D eigenvalue weighted by atomic mass is 32.2. The summed E-state index contributed by atoms with van der Waals surface area (Å²) in [6.45, 7) is 10.6. The number of anilines is 1. The molecule has 116 valence electrons. The normalized spacial score (nSPS) is 11.4. The van der Waals surface area contributed by atoms with E-state index >= 15 is 0 Å². The molecule has 2 N–H and O–H groups in total. The number of nitrogens with one attached hydrogen (secondary N) is 2. The summed E-state index contributed by atoms with van der Waals surface area (Å²) in [5, 5.41) is 4.21. The van der Waals surface area contributed by atoms with Crippen molar-refractivity contribution >= 4 is 28.9 Å². The highest BCUT2D eigenvalue weighted by Crippen LogP contribution is 2.24. The molecule has 0 aliphatic carbocycles. The molecule has 0 spiro atoms. The summed E-state index contributed by atoms with van der Waals surface area (Å²) in [5.74, 6) is 1.68. The molecule has 0 bridgehead atoms. The first-order chi connectivity index (χ1) is 10.3. The van der Waals surface area contributed by atoms with Crippen molar-refractivity contribution in [3.05, 3.63) is 6.33 Å². The van der Waals surface area contributed by atoms with E-state index in [0.29, 0.717) is 5.95 Å². The zero-order valence-corrected chi connectivity index (χ0v) is 13.8. The SMILES string of the molecule is CCCNc1nc(SCCN(CC)CC)c2[nH]cnc2n1. The highest BCUT2D eigenvalue weighted by Gasteiger charge is 2.10. The third-order valence-corrected chi connectivity index (χ3v) is 4.28. The Morgan fingerprint density at radius 3 is 2.76 bits per heavy atom. The summed E-state index contributed by atoms with van der Waals surface area (Å²) in [6.07, 6.45) is 2.73. The second-order valence-corrected chi connectivity index (χ2v) is 5.84. The van der Waals surface area contributed by atoms with Crippen LogP contribution in [-0.2, 0) is 0 Å². The number of hydrogen-bond acceptors (Lipinski definition) is 6. The molecule has 21 heavy (non-hydrogen) atoms. The van der Waals surface area contributed by atoms with Gasteiger partial charge in [0, 0.05) is 18.8 Å². The van der Waals surface area contributed by atoms with Gasteiger partial charge >= 0.3 is 0 Å². The molecule has 6 nitrogen and oxygen atoms in total. The van der Waals surface area contributed by atoms with E-state index < -0.39 is 0 Å². The third kappa shape index (κ3) is 4.31. The molecular formula is C14H24N6S. The first kappa shape index (κ1) is 16.0. The first-order valence-corrected chi connectivity index (χ1v) is 8.57. The lowest BCUT2D eigenvalue weighted by Crippen LogP contribution is -2.25. The molecule has 0 fully saturated rings. The van der Waals surface area contributed by atoms with E-state index in [1.54, 1.807) is 18.1 Å². The van der Waals surface area contributed by atoms with Crippen molar-refractivity contribution in [1.29, 1.82) is 0 Å². The topological polar surface area (TPSA) is 69.7 Å². The summed E-state index contributed by atoms with van der Waals surface area (Å²) in [4.78, 5) is 18.8. The minimum absolute atomic E-state index is 0.668. The predicted octanol–water partition coefficient (Wildman–Crippen LogP) is 2.61. The fourth-order valence-electron chi connectivity index (χ4n) is 2.04. The fraction of sp³-hybridized carbons (Fsp3) is 0.643. The summed E-state index contributed by atoms with van der Waals surface area (Å²) in [7, 11) is 0. The van der Waals surface area contributed by atoms with Crippen LogP contribution in [0.4, 0.5) is 5.95 Å². The van der Waals surface area contributed by atoms with Crippen molar-refractivity contribution in [2.45, 2.75) is 32.2 Å². The Labute approximate surface area is 130 Å². The second kappa shape index (κ2) is 8.19. The summed E-state index contributed by atoms with van der Waals surface area (Å²) in [6, 6.07) is 0. The molecule has 0 atom stereocenters. The molecule has 2 aromatic heterocycles. The van der Waals surface area contributed by atoms with Gasteiger partial charge in [-0.2, -0.15) is 4.98 Å². The van der Waals surface area contributed by atoms with Crippen molar-refractivity contribution in [2.24, 2.45) is 0 Å². The summed E-state index contributed by atoms with van der Waals surface area (Å²) >= 11 is 1.76. The molecule has 2 heterocycles. The lowest BCUT2D eigenvalue weighted by Gasteiger charge is -2.17. The molecule has 0 unspecified atom stereocenters. The van der Waals surface area contributed by atoms with Crippen LogP contribution in [0.15, 0.2) is 11.4 Å². The average Bonchev–Trinajstić information content (AvgIpc) is 2.98. The molecule has 0 aliphatic rings. The number of hydrogen-bond donors (Lipinski definition) is 2. The van der Waals surface area contributed by atoms with Gasteiger partial charge in [0.25, 0.3) is 0 Å². The monoisotopic (exact) mass is 308 g/mol. The second-order valence-electron chi connectivity index (χ2n) is 4.76. The number of imidazole rings is 1. The number of fused-ring (bicyclic) bond motifs is 1. The molecule has 2 rings (SSSR count). The Bertz CT molecular complexity index is 551. The molecule has 0 saturated heterocycles. The molecular weight excluding hydrogens is 284 g/mol. The van der Waals surface area contributed by atoms with Gasteiger partial charge < -0.3 is 15.2 Å². The number of rotatable bonds is 9. The zero-order chi connectivity index (χ0) is 15.1. The van der Waals surface area contributed by atoms with Crippen LogP contribution in [0.3, 0.4) is 0 Å². The smallest absolute Gasteiger partial charge is 0.225 e. The average molecular weight is 308 g/mol. The number of thioether (sulfide) groups is 1. The van der Waals surface area contributed by atoms with Crippen LogP contribution in [0, 0.1) is 0 Å². The largest absolute Gasteiger partial charge is 0.354 e. The van der Waals surface area contributed by atoms with E-state index in [1.807, 2.05) is 0 Å². The van der Waals surface area contributed by atoms with Gasteiger partial charge in [-0.05, 0) is 19.5 Å². The van der Waals surface area contributed by atoms with Crippen molar-refractivity contribution in [3.8, 4) is 0 Å². The van der Waals surface area contributed by atoms with Gasteiger partial charge in [0.05, 0.1) is 6.33 Å². The van der Waals surface area contributed by atoms with Gasteiger partial charge in [0.15, 0.2) is 5.65 Å².